The second-order valence-corrected chi connectivity index (χ2v) is 8.17. The van der Waals surface area contributed by atoms with Gasteiger partial charge >= 0.3 is 0 Å². The number of sulfonamides is 1. The van der Waals surface area contributed by atoms with Crippen LogP contribution in [0.3, 0.4) is 0 Å². The SMILES string of the molecule is O=S(=O)(NC1CCC2OCCOC2C1)c1ccc2ccccc2c1. The van der Waals surface area contributed by atoms with E-state index in [1.54, 1.807) is 12.1 Å². The largest absolute Gasteiger partial charge is 0.373 e. The van der Waals surface area contributed by atoms with Gasteiger partial charge < -0.3 is 9.47 Å². The van der Waals surface area contributed by atoms with Gasteiger partial charge in [-0.3, -0.25) is 0 Å². The number of ether oxygens (including phenoxy) is 2. The highest BCUT2D eigenvalue weighted by Gasteiger charge is 2.35. The smallest absolute Gasteiger partial charge is 0.240 e. The topological polar surface area (TPSA) is 64.6 Å². The van der Waals surface area contributed by atoms with E-state index < -0.39 is 10.0 Å². The Morgan fingerprint density at radius 1 is 0.917 bits per heavy atom. The average molecular weight is 347 g/mol. The molecule has 3 unspecified atom stereocenters. The van der Waals surface area contributed by atoms with Crippen molar-refractivity contribution in [1.29, 1.82) is 0 Å². The monoisotopic (exact) mass is 347 g/mol. The summed E-state index contributed by atoms with van der Waals surface area (Å²) >= 11 is 0. The second kappa shape index (κ2) is 6.44. The Hall–Kier alpha value is -1.47. The standard InChI is InChI=1S/C18H21NO4S/c20-24(21,16-7-5-13-3-1-2-4-14(13)11-16)19-15-6-8-17-18(12-15)23-10-9-22-17/h1-5,7,11,15,17-19H,6,8-10,12H2. The fraction of sp³-hybridized carbons (Fsp3) is 0.444. The zero-order valence-corrected chi connectivity index (χ0v) is 14.2. The molecule has 1 aliphatic carbocycles. The molecular formula is C18H21NO4S. The first-order chi connectivity index (χ1) is 11.6. The number of hydrogen-bond acceptors (Lipinski definition) is 4. The third-order valence-electron chi connectivity index (χ3n) is 4.83. The number of nitrogens with one attached hydrogen (secondary N) is 1. The molecule has 0 aromatic heterocycles. The van der Waals surface area contributed by atoms with Crippen molar-refractivity contribution in [3.05, 3.63) is 42.5 Å². The molecule has 0 radical (unpaired) electrons. The highest BCUT2D eigenvalue weighted by molar-refractivity contribution is 7.89. The van der Waals surface area contributed by atoms with Crippen molar-refractivity contribution in [2.24, 2.45) is 0 Å². The molecule has 1 aliphatic heterocycles. The lowest BCUT2D eigenvalue weighted by Gasteiger charge is -2.38. The van der Waals surface area contributed by atoms with E-state index in [2.05, 4.69) is 4.72 Å². The van der Waals surface area contributed by atoms with Gasteiger partial charge in [-0.1, -0.05) is 30.3 Å². The van der Waals surface area contributed by atoms with Gasteiger partial charge in [0.15, 0.2) is 0 Å². The predicted octanol–water partition coefficient (Wildman–Crippen LogP) is 2.45. The van der Waals surface area contributed by atoms with Gasteiger partial charge in [0.25, 0.3) is 0 Å². The highest BCUT2D eigenvalue weighted by atomic mass is 32.2. The van der Waals surface area contributed by atoms with Crippen molar-refractivity contribution < 1.29 is 17.9 Å². The Kier molecular flexibility index (Phi) is 4.30. The zero-order chi connectivity index (χ0) is 16.6. The van der Waals surface area contributed by atoms with Crippen LogP contribution in [-0.4, -0.2) is 39.9 Å². The molecule has 1 heterocycles. The lowest BCUT2D eigenvalue weighted by Crippen LogP contribution is -2.49. The minimum absolute atomic E-state index is 0.00296. The van der Waals surface area contributed by atoms with Crippen LogP contribution in [0.5, 0.6) is 0 Å². The Balaban J connectivity index is 1.52. The Bertz CT molecular complexity index is 836. The van der Waals surface area contributed by atoms with Gasteiger partial charge in [0.05, 0.1) is 30.3 Å². The van der Waals surface area contributed by atoms with Gasteiger partial charge in [0.1, 0.15) is 0 Å². The summed E-state index contributed by atoms with van der Waals surface area (Å²) in [5.41, 5.74) is 0. The molecule has 2 aromatic rings. The van der Waals surface area contributed by atoms with E-state index in [-0.39, 0.29) is 18.2 Å². The number of benzene rings is 2. The minimum atomic E-state index is -3.54. The molecule has 1 N–H and O–H groups in total. The molecule has 1 saturated heterocycles. The van der Waals surface area contributed by atoms with Crippen molar-refractivity contribution in [2.75, 3.05) is 13.2 Å². The predicted molar refractivity (Wildman–Crippen MR) is 91.4 cm³/mol. The summed E-state index contributed by atoms with van der Waals surface area (Å²) in [6, 6.07) is 12.9. The van der Waals surface area contributed by atoms with E-state index in [1.807, 2.05) is 30.3 Å². The Morgan fingerprint density at radius 3 is 2.50 bits per heavy atom. The van der Waals surface area contributed by atoms with E-state index in [9.17, 15) is 8.42 Å². The van der Waals surface area contributed by atoms with E-state index in [0.717, 1.165) is 23.6 Å². The van der Waals surface area contributed by atoms with Gasteiger partial charge in [-0.05, 0) is 42.2 Å². The van der Waals surface area contributed by atoms with Crippen LogP contribution in [0.4, 0.5) is 0 Å². The average Bonchev–Trinajstić information content (AvgIpc) is 2.61. The molecule has 3 atom stereocenters. The van der Waals surface area contributed by atoms with Gasteiger partial charge in [-0.15, -0.1) is 0 Å². The van der Waals surface area contributed by atoms with E-state index in [0.29, 0.717) is 24.5 Å². The van der Waals surface area contributed by atoms with E-state index in [4.69, 9.17) is 9.47 Å². The van der Waals surface area contributed by atoms with Crippen molar-refractivity contribution in [3.8, 4) is 0 Å². The highest BCUT2D eigenvalue weighted by Crippen LogP contribution is 2.28. The van der Waals surface area contributed by atoms with Crippen LogP contribution in [0, 0.1) is 0 Å². The fourth-order valence-corrected chi connectivity index (χ4v) is 4.91. The van der Waals surface area contributed by atoms with Crippen molar-refractivity contribution in [1.82, 2.24) is 4.72 Å². The molecule has 4 rings (SSSR count). The molecule has 2 fully saturated rings. The molecule has 2 aromatic carbocycles. The maximum absolute atomic E-state index is 12.7. The van der Waals surface area contributed by atoms with Crippen LogP contribution in [0.25, 0.3) is 10.8 Å². The molecule has 2 aliphatic rings. The minimum Gasteiger partial charge on any atom is -0.373 e. The second-order valence-electron chi connectivity index (χ2n) is 6.46. The number of hydrogen-bond donors (Lipinski definition) is 1. The first kappa shape index (κ1) is 16.0. The molecule has 0 amide bonds. The van der Waals surface area contributed by atoms with Crippen LogP contribution >= 0.6 is 0 Å². The Labute approximate surface area is 142 Å². The van der Waals surface area contributed by atoms with Gasteiger partial charge in [0, 0.05) is 6.04 Å². The summed E-state index contributed by atoms with van der Waals surface area (Å²) in [5, 5.41) is 1.96. The number of rotatable bonds is 3. The molecule has 5 nitrogen and oxygen atoms in total. The fourth-order valence-electron chi connectivity index (χ4n) is 3.60. The van der Waals surface area contributed by atoms with Crippen LogP contribution < -0.4 is 4.72 Å². The Morgan fingerprint density at radius 2 is 1.67 bits per heavy atom. The first-order valence-electron chi connectivity index (χ1n) is 8.36. The molecule has 6 heteroatoms. The quantitative estimate of drug-likeness (QED) is 0.926. The van der Waals surface area contributed by atoms with Gasteiger partial charge in [0.2, 0.25) is 10.0 Å². The summed E-state index contributed by atoms with van der Waals surface area (Å²) in [6.45, 7) is 1.22. The molecule has 1 saturated carbocycles. The normalized spacial score (nSPS) is 27.8. The third kappa shape index (κ3) is 3.19. The summed E-state index contributed by atoms with van der Waals surface area (Å²) in [5.74, 6) is 0. The maximum Gasteiger partial charge on any atom is 0.240 e. The summed E-state index contributed by atoms with van der Waals surface area (Å²) < 4.78 is 39.7. The van der Waals surface area contributed by atoms with Crippen LogP contribution in [0.1, 0.15) is 19.3 Å². The zero-order valence-electron chi connectivity index (χ0n) is 13.4. The molecule has 24 heavy (non-hydrogen) atoms. The van der Waals surface area contributed by atoms with Crippen LogP contribution in [0.15, 0.2) is 47.4 Å². The van der Waals surface area contributed by atoms with Gasteiger partial charge in [-0.25, -0.2) is 13.1 Å². The first-order valence-corrected chi connectivity index (χ1v) is 9.84. The summed E-state index contributed by atoms with van der Waals surface area (Å²) in [7, 11) is -3.54. The maximum atomic E-state index is 12.7. The summed E-state index contributed by atoms with van der Waals surface area (Å²) in [4.78, 5) is 0.309. The van der Waals surface area contributed by atoms with E-state index in [1.165, 1.54) is 0 Å². The van der Waals surface area contributed by atoms with Crippen LogP contribution in [0.2, 0.25) is 0 Å². The molecule has 128 valence electrons. The summed E-state index contributed by atoms with van der Waals surface area (Å²) in [6.07, 6.45) is 2.38. The number of fused-ring (bicyclic) bond motifs is 2. The van der Waals surface area contributed by atoms with Gasteiger partial charge in [-0.2, -0.15) is 0 Å². The van der Waals surface area contributed by atoms with Crippen LogP contribution in [-0.2, 0) is 19.5 Å². The lowest BCUT2D eigenvalue weighted by atomic mass is 9.90. The van der Waals surface area contributed by atoms with E-state index >= 15 is 0 Å². The van der Waals surface area contributed by atoms with Crippen molar-refractivity contribution in [2.45, 2.75) is 42.4 Å². The van der Waals surface area contributed by atoms with Crippen molar-refractivity contribution in [3.63, 3.8) is 0 Å². The lowest BCUT2D eigenvalue weighted by molar-refractivity contribution is -0.156. The van der Waals surface area contributed by atoms with Crippen molar-refractivity contribution >= 4 is 20.8 Å². The molecule has 0 spiro atoms. The third-order valence-corrected chi connectivity index (χ3v) is 6.35. The molecular weight excluding hydrogens is 326 g/mol. The molecule has 0 bridgehead atoms.